The molecule has 2 atom stereocenters. The average Bonchev–Trinajstić information content (AvgIpc) is 3.44. The Labute approximate surface area is 473 Å². The maximum absolute atomic E-state index is 8.69. The molecule has 0 aliphatic carbocycles. The van der Waals surface area contributed by atoms with Crippen molar-refractivity contribution in [2.24, 2.45) is 0 Å². The summed E-state index contributed by atoms with van der Waals surface area (Å²) in [4.78, 5) is 0. The second kappa shape index (κ2) is 123. The van der Waals surface area contributed by atoms with Gasteiger partial charge in [0.1, 0.15) is 0 Å². The molecule has 0 bridgehead atoms. The van der Waals surface area contributed by atoms with Gasteiger partial charge in [-0.2, -0.15) is 0 Å². The van der Waals surface area contributed by atoms with E-state index in [0.29, 0.717) is 118 Å². The van der Waals surface area contributed by atoms with Crippen LogP contribution < -0.4 is 0 Å². The summed E-state index contributed by atoms with van der Waals surface area (Å²) in [7, 11) is 3.17. The molecule has 0 saturated carbocycles. The Morgan fingerprint density at radius 2 is 0.500 bits per heavy atom. The summed E-state index contributed by atoms with van der Waals surface area (Å²) in [5.74, 6) is 0. The van der Waals surface area contributed by atoms with Crippen LogP contribution in [0.1, 0.15) is 131 Å². The van der Waals surface area contributed by atoms with Gasteiger partial charge in [0.15, 0.2) is 0 Å². The van der Waals surface area contributed by atoms with Gasteiger partial charge in [0, 0.05) is 80.3 Å². The van der Waals surface area contributed by atoms with E-state index < -0.39 is 0 Å². The number of aliphatic hydroxyl groups excluding tert-OH is 14. The Kier molecular flexibility index (Phi) is 156. The highest BCUT2D eigenvalue weighted by atomic mass is 16.5. The fourth-order valence-electron chi connectivity index (χ4n) is 3.87. The van der Waals surface area contributed by atoms with Gasteiger partial charge >= 0.3 is 0 Å². The number of ether oxygens (including phenoxy) is 10. The molecule has 0 aromatic carbocycles. The molecule has 0 heterocycles. The van der Waals surface area contributed by atoms with Crippen molar-refractivity contribution in [2.45, 2.75) is 144 Å². The topological polar surface area (TPSA) is 376 Å². The minimum absolute atomic E-state index is 0.0870. The normalized spacial score (nSPS) is 10.5. The molecule has 0 spiro atoms. The summed E-state index contributed by atoms with van der Waals surface area (Å²) >= 11 is 0. The van der Waals surface area contributed by atoms with Crippen LogP contribution in [0.5, 0.6) is 0 Å². The summed E-state index contributed by atoms with van der Waals surface area (Å²) in [6, 6.07) is 0. The number of methoxy groups -OCH3 is 2. The molecule has 488 valence electrons. The SMILES string of the molecule is CC(O)CCC(C)O.CCCCCCOCCOCCO.CCCCOCCOCCO.CCOCCO.CCOCCOCCO.COCCO.COCCOCCO.OCCCCCO.OCCCCO.OCCCO. The summed E-state index contributed by atoms with van der Waals surface area (Å²) in [5.41, 5.74) is 0. The molecule has 78 heavy (non-hydrogen) atoms. The molecule has 0 amide bonds. The van der Waals surface area contributed by atoms with Crippen LogP contribution in [0.15, 0.2) is 0 Å². The van der Waals surface area contributed by atoms with Crippen molar-refractivity contribution in [3.63, 3.8) is 0 Å². The first kappa shape index (κ1) is 99.1. The van der Waals surface area contributed by atoms with E-state index in [1.165, 1.54) is 19.3 Å². The Hall–Kier alpha value is -0.960. The molecule has 0 radical (unpaired) electrons. The van der Waals surface area contributed by atoms with E-state index in [1.807, 2.05) is 13.8 Å². The minimum Gasteiger partial charge on any atom is -0.396 e. The van der Waals surface area contributed by atoms with Crippen LogP contribution in [0.2, 0.25) is 0 Å². The number of hydrogen-bond donors (Lipinski definition) is 14. The molecular formula is C54H128O24. The van der Waals surface area contributed by atoms with Crippen molar-refractivity contribution in [1.82, 2.24) is 0 Å². The first-order valence-electron chi connectivity index (χ1n) is 28.1. The molecule has 14 N–H and O–H groups in total. The van der Waals surface area contributed by atoms with Crippen molar-refractivity contribution in [3.8, 4) is 0 Å². The van der Waals surface area contributed by atoms with Crippen molar-refractivity contribution in [3.05, 3.63) is 0 Å². The van der Waals surface area contributed by atoms with E-state index in [-0.39, 0.29) is 91.5 Å². The third-order valence-corrected chi connectivity index (χ3v) is 7.91. The quantitative estimate of drug-likeness (QED) is 0.0384. The fourth-order valence-corrected chi connectivity index (χ4v) is 3.87. The maximum atomic E-state index is 8.69. The number of hydrogen-bond acceptors (Lipinski definition) is 24. The van der Waals surface area contributed by atoms with Gasteiger partial charge in [-0.1, -0.05) is 39.5 Å². The summed E-state index contributed by atoms with van der Waals surface area (Å²) in [6.07, 6.45) is 12.6. The lowest BCUT2D eigenvalue weighted by Gasteiger charge is -2.04. The highest BCUT2D eigenvalue weighted by molar-refractivity contribution is 4.51. The van der Waals surface area contributed by atoms with E-state index in [2.05, 4.69) is 23.3 Å². The molecule has 0 aliphatic heterocycles. The van der Waals surface area contributed by atoms with Gasteiger partial charge in [-0.15, -0.1) is 0 Å². The maximum Gasteiger partial charge on any atom is 0.0701 e. The predicted molar refractivity (Wildman–Crippen MR) is 306 cm³/mol. The minimum atomic E-state index is -0.274. The van der Waals surface area contributed by atoms with E-state index in [0.717, 1.165) is 71.2 Å². The number of unbranched alkanes of at least 4 members (excludes halogenated alkanes) is 7. The highest BCUT2D eigenvalue weighted by Gasteiger charge is 1.98. The van der Waals surface area contributed by atoms with Gasteiger partial charge in [0.05, 0.1) is 144 Å². The summed E-state index contributed by atoms with van der Waals surface area (Å²) in [5, 5.41) is 115. The molecule has 24 nitrogen and oxygen atoms in total. The molecule has 0 aromatic heterocycles. The van der Waals surface area contributed by atoms with Gasteiger partial charge in [0.2, 0.25) is 0 Å². The van der Waals surface area contributed by atoms with Gasteiger partial charge < -0.3 is 119 Å². The molecule has 0 aromatic rings. The van der Waals surface area contributed by atoms with Crippen molar-refractivity contribution >= 4 is 0 Å². The van der Waals surface area contributed by atoms with E-state index in [4.69, 9.17) is 109 Å². The standard InChI is InChI=1S/C10H22O3.C8H18O3.C6H14O3.C6H14O2.C5H12O3.C5H12O2.2C4H10O2.2C3H8O2/c1-2-3-4-5-7-12-9-10-13-8-6-11;1-2-3-5-10-7-8-11-6-4-9;1-2-8-5-6-9-4-3-7;1-5(7)3-4-6(2)8;1-7-4-5-8-3-2-6;6-4-2-1-3-5-7;1-2-6-4-3-5;5-3-1-2-4-6;1-5-3-2-4;4-2-1-3-5/h11H,2-10H2,1H3;9H,2-8H2,1H3;7H,2-6H2,1H3;5-8H,3-4H2,1-2H3;6H,2-5H2,1H3;6-7H,1-5H2;5H,2-4H2,1H3;5-6H,1-4H2;4H,2-3H2,1H3;4-5H,1-3H2. The van der Waals surface area contributed by atoms with Crippen molar-refractivity contribution in [1.29, 1.82) is 0 Å². The lowest BCUT2D eigenvalue weighted by Crippen LogP contribution is -2.07. The molecule has 0 aliphatic rings. The van der Waals surface area contributed by atoms with Crippen LogP contribution in [-0.2, 0) is 47.4 Å². The zero-order valence-corrected chi connectivity index (χ0v) is 50.6. The van der Waals surface area contributed by atoms with E-state index >= 15 is 0 Å². The first-order valence-corrected chi connectivity index (χ1v) is 28.1. The Balaban J connectivity index is -0.0000000835. The molecular weight excluding hydrogens is 1030 g/mol. The van der Waals surface area contributed by atoms with E-state index in [9.17, 15) is 0 Å². The molecule has 0 fully saturated rings. The summed E-state index contributed by atoms with van der Waals surface area (Å²) in [6.45, 7) is 23.8. The second-order valence-electron chi connectivity index (χ2n) is 15.5. The van der Waals surface area contributed by atoms with Crippen LogP contribution in [0.4, 0.5) is 0 Å². The third kappa shape index (κ3) is 186. The van der Waals surface area contributed by atoms with Crippen LogP contribution in [-0.4, -0.2) is 296 Å². The lowest BCUT2D eigenvalue weighted by molar-refractivity contribution is 0.0321. The Morgan fingerprint density at radius 1 is 0.244 bits per heavy atom. The Morgan fingerprint density at radius 3 is 0.744 bits per heavy atom. The number of rotatable bonds is 46. The van der Waals surface area contributed by atoms with Crippen LogP contribution in [0, 0.1) is 0 Å². The van der Waals surface area contributed by atoms with Gasteiger partial charge in [-0.25, -0.2) is 0 Å². The van der Waals surface area contributed by atoms with Gasteiger partial charge in [0.25, 0.3) is 0 Å². The molecule has 24 heteroatoms. The zero-order valence-electron chi connectivity index (χ0n) is 50.6. The third-order valence-electron chi connectivity index (χ3n) is 7.91. The summed E-state index contributed by atoms with van der Waals surface area (Å²) < 4.78 is 49.1. The van der Waals surface area contributed by atoms with E-state index in [1.54, 1.807) is 28.1 Å². The van der Waals surface area contributed by atoms with Crippen LogP contribution in [0.3, 0.4) is 0 Å². The van der Waals surface area contributed by atoms with Crippen molar-refractivity contribution in [2.75, 3.05) is 212 Å². The molecule has 0 rings (SSSR count). The second-order valence-corrected chi connectivity index (χ2v) is 15.5. The first-order chi connectivity index (χ1) is 37.9. The average molecular weight is 1160 g/mol. The predicted octanol–water partition coefficient (Wildman–Crippen LogP) is 1.50. The van der Waals surface area contributed by atoms with Crippen LogP contribution in [0.25, 0.3) is 0 Å². The lowest BCUT2D eigenvalue weighted by atomic mass is 10.1. The number of aliphatic hydroxyl groups is 14. The van der Waals surface area contributed by atoms with Gasteiger partial charge in [-0.05, 0) is 91.9 Å². The van der Waals surface area contributed by atoms with Crippen LogP contribution >= 0.6 is 0 Å². The largest absolute Gasteiger partial charge is 0.396 e. The molecule has 0 saturated heterocycles. The monoisotopic (exact) mass is 1160 g/mol. The fraction of sp³-hybridized carbons (Fsp3) is 1.00. The highest BCUT2D eigenvalue weighted by Crippen LogP contribution is 1.99. The van der Waals surface area contributed by atoms with Gasteiger partial charge in [-0.3, -0.25) is 0 Å². The van der Waals surface area contributed by atoms with Crippen molar-refractivity contribution < 1.29 is 119 Å². The zero-order chi connectivity index (χ0) is 61.3. The Bertz CT molecular complexity index is 706. The smallest absolute Gasteiger partial charge is 0.0701 e. The molecule has 2 unspecified atom stereocenters.